The van der Waals surface area contributed by atoms with Gasteiger partial charge in [0.1, 0.15) is 5.75 Å². The van der Waals surface area contributed by atoms with Gasteiger partial charge in [0, 0.05) is 12.1 Å². The molecule has 0 aliphatic carbocycles. The molecule has 0 amide bonds. The smallest absolute Gasteiger partial charge is 0.213 e. The first kappa shape index (κ1) is 14.0. The Kier molecular flexibility index (Phi) is 4.34. The van der Waals surface area contributed by atoms with Gasteiger partial charge < -0.3 is 24.4 Å². The van der Waals surface area contributed by atoms with E-state index in [9.17, 15) is 0 Å². The highest BCUT2D eigenvalue weighted by Gasteiger charge is 2.12. The summed E-state index contributed by atoms with van der Waals surface area (Å²) < 4.78 is 15.6. The highest BCUT2D eigenvalue weighted by molar-refractivity contribution is 5.42. The van der Waals surface area contributed by atoms with E-state index in [2.05, 4.69) is 9.97 Å². The summed E-state index contributed by atoms with van der Waals surface area (Å²) in [7, 11) is 2.97. The van der Waals surface area contributed by atoms with Crippen LogP contribution in [0.5, 0.6) is 23.1 Å². The molecule has 0 unspecified atom stereocenters. The molecule has 0 aliphatic rings. The lowest BCUT2D eigenvalue weighted by atomic mass is 10.3. The largest absolute Gasteiger partial charge is 0.493 e. The average Bonchev–Trinajstić information content (AvgIpc) is 2.48. The van der Waals surface area contributed by atoms with E-state index in [-0.39, 0.29) is 5.69 Å². The van der Waals surface area contributed by atoms with Gasteiger partial charge in [-0.25, -0.2) is 4.98 Å². The number of methoxy groups -OCH3 is 2. The molecule has 0 aliphatic heterocycles. The molecule has 2 rings (SSSR count). The van der Waals surface area contributed by atoms with Crippen LogP contribution in [0, 0.1) is 0 Å². The Morgan fingerprint density at radius 3 is 2.35 bits per heavy atom. The predicted octanol–water partition coefficient (Wildman–Crippen LogP) is 1.27. The Hall–Kier alpha value is -2.38. The first-order chi connectivity index (χ1) is 9.63. The second-order valence-electron chi connectivity index (χ2n) is 3.77. The van der Waals surface area contributed by atoms with Gasteiger partial charge in [-0.2, -0.15) is 0 Å². The van der Waals surface area contributed by atoms with E-state index in [1.54, 1.807) is 12.1 Å². The third-order valence-corrected chi connectivity index (χ3v) is 2.48. The minimum absolute atomic E-state index is 0.0713. The number of aromatic nitrogens is 2. The summed E-state index contributed by atoms with van der Waals surface area (Å²) in [5, 5.41) is 18.1. The molecule has 2 N–H and O–H groups in total. The normalized spacial score (nSPS) is 10.4. The summed E-state index contributed by atoms with van der Waals surface area (Å²) >= 11 is 0. The fourth-order valence-electron chi connectivity index (χ4n) is 1.49. The molecule has 2 heterocycles. The van der Waals surface area contributed by atoms with E-state index >= 15 is 0 Å². The molecule has 0 saturated heterocycles. The Balaban J connectivity index is 2.23. The summed E-state index contributed by atoms with van der Waals surface area (Å²) in [6.07, 6.45) is 1.17. The SMILES string of the molecule is COc1ccc(Oc2cnc(C(O)O)cc2OC)cn1. The van der Waals surface area contributed by atoms with Gasteiger partial charge in [0.05, 0.1) is 32.3 Å². The second-order valence-corrected chi connectivity index (χ2v) is 3.77. The van der Waals surface area contributed by atoms with Crippen molar-refractivity contribution in [1.82, 2.24) is 9.97 Å². The third-order valence-electron chi connectivity index (χ3n) is 2.48. The molecule has 2 aromatic rings. The molecule has 0 saturated carbocycles. The fraction of sp³-hybridized carbons (Fsp3) is 0.231. The first-order valence-corrected chi connectivity index (χ1v) is 5.72. The van der Waals surface area contributed by atoms with Gasteiger partial charge >= 0.3 is 0 Å². The van der Waals surface area contributed by atoms with Crippen LogP contribution in [-0.4, -0.2) is 34.4 Å². The van der Waals surface area contributed by atoms with Crippen LogP contribution < -0.4 is 14.2 Å². The van der Waals surface area contributed by atoms with Gasteiger partial charge in [-0.15, -0.1) is 0 Å². The van der Waals surface area contributed by atoms with E-state index < -0.39 is 6.29 Å². The van der Waals surface area contributed by atoms with Crippen LogP contribution in [0.15, 0.2) is 30.6 Å². The van der Waals surface area contributed by atoms with Crippen molar-refractivity contribution < 1.29 is 24.4 Å². The third kappa shape index (κ3) is 3.14. The molecule has 0 fully saturated rings. The number of aliphatic hydroxyl groups is 2. The van der Waals surface area contributed by atoms with E-state index in [0.717, 1.165) is 0 Å². The van der Waals surface area contributed by atoms with Crippen LogP contribution in [0.25, 0.3) is 0 Å². The summed E-state index contributed by atoms with van der Waals surface area (Å²) in [5.41, 5.74) is 0.0713. The maximum absolute atomic E-state index is 9.05. The molecule has 106 valence electrons. The van der Waals surface area contributed by atoms with Gasteiger partial charge in [-0.05, 0) is 6.07 Å². The minimum Gasteiger partial charge on any atom is -0.493 e. The zero-order chi connectivity index (χ0) is 14.5. The van der Waals surface area contributed by atoms with Crippen LogP contribution >= 0.6 is 0 Å². The number of ether oxygens (including phenoxy) is 3. The van der Waals surface area contributed by atoms with Crippen molar-refractivity contribution in [3.63, 3.8) is 0 Å². The summed E-state index contributed by atoms with van der Waals surface area (Å²) in [6, 6.07) is 4.72. The number of hydrogen-bond donors (Lipinski definition) is 2. The van der Waals surface area contributed by atoms with E-state index in [4.69, 9.17) is 24.4 Å². The van der Waals surface area contributed by atoms with Crippen molar-refractivity contribution in [1.29, 1.82) is 0 Å². The Bertz CT molecular complexity index is 571. The monoisotopic (exact) mass is 278 g/mol. The molecular weight excluding hydrogens is 264 g/mol. The zero-order valence-corrected chi connectivity index (χ0v) is 11.0. The van der Waals surface area contributed by atoms with E-state index in [1.807, 2.05) is 0 Å². The topological polar surface area (TPSA) is 93.9 Å². The molecule has 7 nitrogen and oxygen atoms in total. The van der Waals surface area contributed by atoms with Crippen molar-refractivity contribution in [2.24, 2.45) is 0 Å². The number of rotatable bonds is 5. The van der Waals surface area contributed by atoms with Crippen molar-refractivity contribution in [3.8, 4) is 23.1 Å². The lowest BCUT2D eigenvalue weighted by Gasteiger charge is -2.11. The first-order valence-electron chi connectivity index (χ1n) is 5.72. The van der Waals surface area contributed by atoms with Gasteiger partial charge in [0.25, 0.3) is 0 Å². The summed E-state index contributed by atoms with van der Waals surface area (Å²) in [5.74, 6) is 1.62. The Morgan fingerprint density at radius 1 is 1.00 bits per heavy atom. The molecule has 7 heteroatoms. The highest BCUT2D eigenvalue weighted by atomic mass is 16.5. The molecule has 0 spiro atoms. The van der Waals surface area contributed by atoms with Crippen LogP contribution in [0.2, 0.25) is 0 Å². The standard InChI is InChI=1S/C13H14N2O5/c1-18-10-5-9(13(16)17)14-7-11(10)20-8-3-4-12(19-2)15-6-8/h3-7,13,16-17H,1-2H3. The highest BCUT2D eigenvalue weighted by Crippen LogP contribution is 2.32. The molecule has 0 atom stereocenters. The number of hydrogen-bond acceptors (Lipinski definition) is 7. The average molecular weight is 278 g/mol. The number of pyridine rings is 2. The molecular formula is C13H14N2O5. The lowest BCUT2D eigenvalue weighted by Crippen LogP contribution is -2.00. The van der Waals surface area contributed by atoms with Crippen LogP contribution in [0.1, 0.15) is 12.0 Å². The molecule has 0 aromatic carbocycles. The molecule has 20 heavy (non-hydrogen) atoms. The maximum Gasteiger partial charge on any atom is 0.213 e. The maximum atomic E-state index is 9.05. The lowest BCUT2D eigenvalue weighted by molar-refractivity contribution is -0.0460. The number of aliphatic hydroxyl groups excluding tert-OH is 1. The van der Waals surface area contributed by atoms with Crippen molar-refractivity contribution in [2.75, 3.05) is 14.2 Å². The summed E-state index contributed by atoms with van der Waals surface area (Å²) in [4.78, 5) is 7.87. The molecule has 0 radical (unpaired) electrons. The van der Waals surface area contributed by atoms with Gasteiger partial charge in [-0.1, -0.05) is 0 Å². The van der Waals surface area contributed by atoms with Gasteiger partial charge in [0.2, 0.25) is 5.88 Å². The van der Waals surface area contributed by atoms with Crippen molar-refractivity contribution >= 4 is 0 Å². The van der Waals surface area contributed by atoms with Crippen molar-refractivity contribution in [3.05, 3.63) is 36.3 Å². The second kappa shape index (κ2) is 6.18. The predicted molar refractivity (Wildman–Crippen MR) is 68.8 cm³/mol. The van der Waals surface area contributed by atoms with Crippen LogP contribution in [0.3, 0.4) is 0 Å². The zero-order valence-electron chi connectivity index (χ0n) is 11.0. The van der Waals surface area contributed by atoms with E-state index in [0.29, 0.717) is 23.1 Å². The number of nitrogens with zero attached hydrogens (tertiary/aromatic N) is 2. The Morgan fingerprint density at radius 2 is 1.80 bits per heavy atom. The minimum atomic E-state index is -1.67. The molecule has 2 aromatic heterocycles. The van der Waals surface area contributed by atoms with Gasteiger partial charge in [-0.3, -0.25) is 4.98 Å². The molecule has 0 bridgehead atoms. The summed E-state index contributed by atoms with van der Waals surface area (Å²) in [6.45, 7) is 0. The van der Waals surface area contributed by atoms with E-state index in [1.165, 1.54) is 32.7 Å². The van der Waals surface area contributed by atoms with Gasteiger partial charge in [0.15, 0.2) is 17.8 Å². The van der Waals surface area contributed by atoms with Crippen LogP contribution in [-0.2, 0) is 0 Å². The quantitative estimate of drug-likeness (QED) is 0.795. The Labute approximate surface area is 115 Å². The van der Waals surface area contributed by atoms with Crippen LogP contribution in [0.4, 0.5) is 0 Å². The fourth-order valence-corrected chi connectivity index (χ4v) is 1.49. The van der Waals surface area contributed by atoms with Crippen molar-refractivity contribution in [2.45, 2.75) is 6.29 Å².